The van der Waals surface area contributed by atoms with Crippen molar-refractivity contribution in [3.63, 3.8) is 0 Å². The van der Waals surface area contributed by atoms with E-state index in [0.717, 1.165) is 16.1 Å². The molecule has 0 saturated carbocycles. The molecule has 0 atom stereocenters. The van der Waals surface area contributed by atoms with E-state index in [9.17, 15) is 14.4 Å². The predicted molar refractivity (Wildman–Crippen MR) is 174 cm³/mol. The molecule has 0 unspecified atom stereocenters. The molecule has 0 aliphatic rings. The monoisotopic (exact) mass is 618 g/mol. The first-order chi connectivity index (χ1) is 20.2. The van der Waals surface area contributed by atoms with Crippen LogP contribution in [0.5, 0.6) is 0 Å². The number of carbonyl (C=O) groups excluding carboxylic acids is 3. The minimum Gasteiger partial charge on any atom is -0.378 e. The second-order valence-electron chi connectivity index (χ2n) is 9.28. The summed E-state index contributed by atoms with van der Waals surface area (Å²) in [6, 6.07) is 28.4. The van der Waals surface area contributed by atoms with E-state index in [1.807, 2.05) is 55.4 Å². The number of benzene rings is 4. The van der Waals surface area contributed by atoms with Crippen LogP contribution >= 0.6 is 35.0 Å². The molecule has 214 valence electrons. The molecule has 0 radical (unpaired) electrons. The Bertz CT molecular complexity index is 1610. The Balaban J connectivity index is 1.47. The third-order valence-electron chi connectivity index (χ3n) is 5.94. The fraction of sp³-hybridized carbons (Fsp3) is 0.0938. The third-order valence-corrected chi connectivity index (χ3v) is 7.75. The van der Waals surface area contributed by atoms with Crippen molar-refractivity contribution >= 4 is 75.8 Å². The number of halogens is 2. The van der Waals surface area contributed by atoms with Crippen molar-refractivity contribution in [3.8, 4) is 0 Å². The Hall–Kier alpha value is -4.24. The Morgan fingerprint density at radius 1 is 0.833 bits per heavy atom. The summed E-state index contributed by atoms with van der Waals surface area (Å²) in [6.07, 6.45) is 1.62. The summed E-state index contributed by atoms with van der Waals surface area (Å²) in [5, 5.41) is 8.98. The summed E-state index contributed by atoms with van der Waals surface area (Å²) in [7, 11) is 3.88. The Morgan fingerprint density at radius 2 is 1.55 bits per heavy atom. The molecule has 0 aromatic heterocycles. The molecule has 3 N–H and O–H groups in total. The van der Waals surface area contributed by atoms with Gasteiger partial charge in [0.2, 0.25) is 5.91 Å². The Labute approximate surface area is 258 Å². The number of hydrogen-bond donors (Lipinski definition) is 3. The number of thioether (sulfide) groups is 1. The molecule has 0 spiro atoms. The van der Waals surface area contributed by atoms with E-state index in [4.69, 9.17) is 23.2 Å². The van der Waals surface area contributed by atoms with Crippen LogP contribution in [0.2, 0.25) is 10.0 Å². The van der Waals surface area contributed by atoms with Crippen LogP contribution in [0, 0.1) is 0 Å². The molecule has 0 aliphatic heterocycles. The number of amides is 3. The first-order valence-corrected chi connectivity index (χ1v) is 14.6. The zero-order chi connectivity index (χ0) is 30.1. The van der Waals surface area contributed by atoms with E-state index >= 15 is 0 Å². The van der Waals surface area contributed by atoms with Gasteiger partial charge in [-0.1, -0.05) is 65.7 Å². The average molecular weight is 620 g/mol. The first-order valence-electron chi connectivity index (χ1n) is 12.8. The molecule has 7 nitrogen and oxygen atoms in total. The summed E-state index contributed by atoms with van der Waals surface area (Å²) in [5.41, 5.74) is 3.20. The number of anilines is 3. The van der Waals surface area contributed by atoms with Crippen molar-refractivity contribution in [1.82, 2.24) is 5.32 Å². The minimum absolute atomic E-state index is 0.0808. The Morgan fingerprint density at radius 3 is 2.26 bits per heavy atom. The number of rotatable bonds is 10. The highest BCUT2D eigenvalue weighted by Crippen LogP contribution is 2.30. The molecule has 4 aromatic rings. The molecule has 0 heterocycles. The van der Waals surface area contributed by atoms with Gasteiger partial charge in [0.15, 0.2) is 0 Å². The second-order valence-corrected chi connectivity index (χ2v) is 11.1. The zero-order valence-corrected chi connectivity index (χ0v) is 25.2. The summed E-state index contributed by atoms with van der Waals surface area (Å²) >= 11 is 13.5. The van der Waals surface area contributed by atoms with Crippen molar-refractivity contribution in [2.24, 2.45) is 0 Å². The zero-order valence-electron chi connectivity index (χ0n) is 22.9. The van der Waals surface area contributed by atoms with E-state index in [1.165, 1.54) is 11.8 Å². The smallest absolute Gasteiger partial charge is 0.272 e. The highest BCUT2D eigenvalue weighted by Gasteiger charge is 2.16. The second kappa shape index (κ2) is 14.6. The van der Waals surface area contributed by atoms with Crippen molar-refractivity contribution in [3.05, 3.63) is 124 Å². The van der Waals surface area contributed by atoms with E-state index in [0.29, 0.717) is 22.0 Å². The van der Waals surface area contributed by atoms with E-state index in [2.05, 4.69) is 16.0 Å². The standard InChI is InChI=1S/C32H28Cl2N4O3S/c1-38(2)24-16-14-21(15-17-24)18-28(37-31(40)22-8-4-3-5-9-22)32(41)35-23-10-6-11-25(19-23)42-20-29(39)36-27-13-7-12-26(33)30(27)34/h3-19H,20H2,1-2H3,(H,35,41)(H,36,39)(H,37,40)/b28-18+. The SMILES string of the molecule is CN(C)c1ccc(/C=C(/NC(=O)c2ccccc2)C(=O)Nc2cccc(SCC(=O)Nc3cccc(Cl)c3Cl)c2)cc1. The largest absolute Gasteiger partial charge is 0.378 e. The van der Waals surface area contributed by atoms with Gasteiger partial charge in [0.1, 0.15) is 5.70 Å². The van der Waals surface area contributed by atoms with Gasteiger partial charge >= 0.3 is 0 Å². The van der Waals surface area contributed by atoms with Crippen LogP contribution in [-0.2, 0) is 9.59 Å². The fourth-order valence-electron chi connectivity index (χ4n) is 3.78. The number of nitrogens with one attached hydrogen (secondary N) is 3. The van der Waals surface area contributed by atoms with Gasteiger partial charge in [-0.15, -0.1) is 11.8 Å². The van der Waals surface area contributed by atoms with Crippen molar-refractivity contribution in [2.75, 3.05) is 35.4 Å². The van der Waals surface area contributed by atoms with Crippen LogP contribution in [0.3, 0.4) is 0 Å². The molecule has 0 fully saturated rings. The molecule has 10 heteroatoms. The van der Waals surface area contributed by atoms with Crippen LogP contribution < -0.4 is 20.9 Å². The average Bonchev–Trinajstić information content (AvgIpc) is 2.99. The topological polar surface area (TPSA) is 90.5 Å². The highest BCUT2D eigenvalue weighted by molar-refractivity contribution is 8.00. The number of carbonyl (C=O) groups is 3. The van der Waals surface area contributed by atoms with Crippen LogP contribution in [0.4, 0.5) is 17.1 Å². The van der Waals surface area contributed by atoms with Crippen molar-refractivity contribution in [1.29, 1.82) is 0 Å². The van der Waals surface area contributed by atoms with Crippen molar-refractivity contribution in [2.45, 2.75) is 4.90 Å². The number of hydrogen-bond acceptors (Lipinski definition) is 5. The molecule has 0 aliphatic carbocycles. The lowest BCUT2D eigenvalue weighted by Gasteiger charge is -2.14. The lowest BCUT2D eigenvalue weighted by molar-refractivity contribution is -0.114. The maximum atomic E-state index is 13.4. The molecule has 4 aromatic carbocycles. The third kappa shape index (κ3) is 8.63. The van der Waals surface area contributed by atoms with Gasteiger partial charge in [0.05, 0.1) is 21.5 Å². The summed E-state index contributed by atoms with van der Waals surface area (Å²) in [6.45, 7) is 0. The Kier molecular flexibility index (Phi) is 10.7. The minimum atomic E-state index is -0.494. The van der Waals surface area contributed by atoms with E-state index < -0.39 is 11.8 Å². The molecular weight excluding hydrogens is 591 g/mol. The van der Waals surface area contributed by atoms with Gasteiger partial charge < -0.3 is 20.9 Å². The molecule has 3 amide bonds. The summed E-state index contributed by atoms with van der Waals surface area (Å²) in [5.74, 6) is -1.04. The fourth-order valence-corrected chi connectivity index (χ4v) is 4.88. The predicted octanol–water partition coefficient (Wildman–Crippen LogP) is 7.20. The van der Waals surface area contributed by atoms with Gasteiger partial charge in [-0.05, 0) is 66.2 Å². The molecule has 0 bridgehead atoms. The van der Waals surface area contributed by atoms with Gasteiger partial charge in [0, 0.05) is 35.9 Å². The van der Waals surface area contributed by atoms with Crippen LogP contribution in [0.1, 0.15) is 15.9 Å². The molecule has 4 rings (SSSR count). The van der Waals surface area contributed by atoms with Gasteiger partial charge in [-0.3, -0.25) is 14.4 Å². The van der Waals surface area contributed by atoms with Crippen LogP contribution in [-0.4, -0.2) is 37.6 Å². The van der Waals surface area contributed by atoms with Crippen LogP contribution in [0.15, 0.2) is 108 Å². The lowest BCUT2D eigenvalue weighted by atomic mass is 10.1. The van der Waals surface area contributed by atoms with Crippen LogP contribution in [0.25, 0.3) is 6.08 Å². The highest BCUT2D eigenvalue weighted by atomic mass is 35.5. The first kappa shape index (κ1) is 30.7. The van der Waals surface area contributed by atoms with E-state index in [-0.39, 0.29) is 22.4 Å². The van der Waals surface area contributed by atoms with Crippen molar-refractivity contribution < 1.29 is 14.4 Å². The normalized spacial score (nSPS) is 11.0. The molecule has 42 heavy (non-hydrogen) atoms. The number of nitrogens with zero attached hydrogens (tertiary/aromatic N) is 1. The van der Waals surface area contributed by atoms with Gasteiger partial charge in [-0.25, -0.2) is 0 Å². The molecule has 0 saturated heterocycles. The van der Waals surface area contributed by atoms with E-state index in [1.54, 1.807) is 66.7 Å². The summed E-state index contributed by atoms with van der Waals surface area (Å²) in [4.78, 5) is 41.6. The maximum absolute atomic E-state index is 13.4. The molecular formula is C32H28Cl2N4O3S. The quantitative estimate of drug-likeness (QED) is 0.129. The van der Waals surface area contributed by atoms with Gasteiger partial charge in [-0.2, -0.15) is 0 Å². The summed E-state index contributed by atoms with van der Waals surface area (Å²) < 4.78 is 0. The maximum Gasteiger partial charge on any atom is 0.272 e. The lowest BCUT2D eigenvalue weighted by Crippen LogP contribution is -2.30. The van der Waals surface area contributed by atoms with Gasteiger partial charge in [0.25, 0.3) is 11.8 Å².